The first-order valence-corrected chi connectivity index (χ1v) is 6.78. The molecule has 0 spiro atoms. The zero-order chi connectivity index (χ0) is 14.7. The van der Waals surface area contributed by atoms with Crippen LogP contribution in [-0.2, 0) is 6.54 Å². The molecule has 3 aromatic rings. The van der Waals surface area contributed by atoms with Gasteiger partial charge in [0.15, 0.2) is 0 Å². The Morgan fingerprint density at radius 1 is 1.14 bits per heavy atom. The van der Waals surface area contributed by atoms with Gasteiger partial charge >= 0.3 is 0 Å². The number of nitrogens with zero attached hydrogens (tertiary/aromatic N) is 2. The van der Waals surface area contributed by atoms with Gasteiger partial charge in [-0.25, -0.2) is 4.98 Å². The van der Waals surface area contributed by atoms with Crippen LogP contribution in [0.25, 0.3) is 11.0 Å². The van der Waals surface area contributed by atoms with E-state index in [1.54, 1.807) is 12.3 Å². The lowest BCUT2D eigenvalue weighted by Gasteiger charge is -2.06. The van der Waals surface area contributed by atoms with Crippen LogP contribution in [0.2, 0.25) is 0 Å². The summed E-state index contributed by atoms with van der Waals surface area (Å²) in [4.78, 5) is 20.7. The van der Waals surface area contributed by atoms with E-state index in [0.29, 0.717) is 12.2 Å². The zero-order valence-electron chi connectivity index (χ0n) is 11.7. The van der Waals surface area contributed by atoms with E-state index in [-0.39, 0.29) is 7.33 Å². The molecule has 4 nitrogen and oxygen atoms in total. The summed E-state index contributed by atoms with van der Waals surface area (Å²) in [6, 6.07) is 15.2. The van der Waals surface area contributed by atoms with Gasteiger partial charge in [-0.15, -0.1) is 0 Å². The molecular formula is C17H17N3O. The highest BCUT2D eigenvalue weighted by atomic mass is 16.1. The van der Waals surface area contributed by atoms with Gasteiger partial charge in [0.2, 0.25) is 0 Å². The summed E-state index contributed by atoms with van der Waals surface area (Å²) in [5.41, 5.74) is 4.17. The molecule has 21 heavy (non-hydrogen) atoms. The van der Waals surface area contributed by atoms with E-state index in [9.17, 15) is 4.79 Å². The number of amides is 1. The topological polar surface area (TPSA) is 54.9 Å². The van der Waals surface area contributed by atoms with Crippen molar-refractivity contribution < 1.29 is 6.22 Å². The first kappa shape index (κ1) is 13.2. The van der Waals surface area contributed by atoms with Crippen LogP contribution in [0.5, 0.6) is 0 Å². The number of fused-ring (bicyclic) bond motifs is 1. The minimum atomic E-state index is -0.178. The van der Waals surface area contributed by atoms with Crippen LogP contribution in [0.15, 0.2) is 54.7 Å². The molecule has 0 saturated heterocycles. The first-order chi connectivity index (χ1) is 10.2. The Balaban J connectivity index is 0.00000176. The number of rotatable bonds is 3. The molecule has 0 aliphatic carbocycles. The molecule has 0 bridgehead atoms. The fourth-order valence-electron chi connectivity index (χ4n) is 2.18. The average molecular weight is 279 g/mol. The second-order valence-electron chi connectivity index (χ2n) is 4.91. The Kier molecular flexibility index (Phi) is 3.60. The van der Waals surface area contributed by atoms with Crippen LogP contribution in [0.3, 0.4) is 0 Å². The Morgan fingerprint density at radius 2 is 2.05 bits per heavy atom. The van der Waals surface area contributed by atoms with Gasteiger partial charge in [-0.1, -0.05) is 29.8 Å². The zero-order valence-corrected chi connectivity index (χ0v) is 11.7. The normalized spacial score (nSPS) is 10.5. The molecule has 1 amide bonds. The van der Waals surface area contributed by atoms with Gasteiger partial charge < -0.3 is 5.32 Å². The minimum Gasteiger partial charge on any atom is -0.347 e. The van der Waals surface area contributed by atoms with Crippen LogP contribution in [0, 0.1) is 6.92 Å². The lowest BCUT2D eigenvalue weighted by molar-refractivity contribution is 0.0946. The van der Waals surface area contributed by atoms with Gasteiger partial charge in [0, 0.05) is 14.2 Å². The molecule has 3 rings (SSSR count). The number of hydrogen-bond donors (Lipinski definition) is 1. The van der Waals surface area contributed by atoms with Crippen molar-refractivity contribution >= 4 is 16.9 Å². The summed E-state index contributed by atoms with van der Waals surface area (Å²) < 4.78 is 0. The third-order valence-electron chi connectivity index (χ3n) is 3.22. The third kappa shape index (κ3) is 3.05. The lowest BCUT2D eigenvalue weighted by Crippen LogP contribution is -2.23. The van der Waals surface area contributed by atoms with Crippen molar-refractivity contribution in [3.63, 3.8) is 0 Å². The van der Waals surface area contributed by atoms with Crippen LogP contribution >= 0.6 is 0 Å². The van der Waals surface area contributed by atoms with Crippen molar-refractivity contribution in [3.05, 3.63) is 71.5 Å². The number of hydrogen-bond acceptors (Lipinski definition) is 3. The predicted molar refractivity (Wildman–Crippen MR) is 84.0 cm³/mol. The van der Waals surface area contributed by atoms with E-state index < -0.39 is 0 Å². The molecule has 0 unspecified atom stereocenters. The maximum atomic E-state index is 12.2. The Hall–Kier alpha value is -2.75. The molecule has 0 atom stereocenters. The largest absolute Gasteiger partial charge is 0.347 e. The smallest absolute Gasteiger partial charge is 0.270 e. The van der Waals surface area contributed by atoms with Crippen molar-refractivity contribution in [3.8, 4) is 0 Å². The van der Waals surface area contributed by atoms with E-state index in [1.165, 1.54) is 5.56 Å². The van der Waals surface area contributed by atoms with Gasteiger partial charge in [0.1, 0.15) is 5.69 Å². The number of pyridine rings is 2. The first-order valence-electron chi connectivity index (χ1n) is 6.78. The lowest BCUT2D eigenvalue weighted by atomic mass is 10.1. The highest BCUT2D eigenvalue weighted by Gasteiger charge is 2.08. The SMILES string of the molecule is Cc1cccc(CNC(=O)c2ccc3ncccc3n2)c1.[HH]. The fourth-order valence-corrected chi connectivity index (χ4v) is 2.18. The number of aryl methyl sites for hydroxylation is 1. The Morgan fingerprint density at radius 3 is 2.90 bits per heavy atom. The number of benzene rings is 1. The van der Waals surface area contributed by atoms with Crippen molar-refractivity contribution in [2.45, 2.75) is 13.5 Å². The van der Waals surface area contributed by atoms with E-state index in [2.05, 4.69) is 21.4 Å². The fraction of sp³-hybridized carbons (Fsp3) is 0.118. The maximum absolute atomic E-state index is 12.2. The second-order valence-corrected chi connectivity index (χ2v) is 4.91. The van der Waals surface area contributed by atoms with Gasteiger partial charge in [-0.3, -0.25) is 9.78 Å². The standard InChI is InChI=1S/C17H15N3O.H2/c1-12-4-2-5-13(10-12)11-19-17(21)16-8-7-14-15(20-16)6-3-9-18-14;/h2-10H,11H2,1H3,(H,19,21);1H. The molecule has 0 aliphatic rings. The molecule has 1 aromatic carbocycles. The summed E-state index contributed by atoms with van der Waals surface area (Å²) >= 11 is 0. The maximum Gasteiger partial charge on any atom is 0.270 e. The molecule has 0 saturated carbocycles. The third-order valence-corrected chi connectivity index (χ3v) is 3.22. The molecule has 2 heterocycles. The predicted octanol–water partition coefficient (Wildman–Crippen LogP) is 3.11. The highest BCUT2D eigenvalue weighted by Crippen LogP contribution is 2.09. The molecule has 106 valence electrons. The molecule has 4 heteroatoms. The molecule has 0 aliphatic heterocycles. The van der Waals surface area contributed by atoms with Gasteiger partial charge in [-0.05, 0) is 36.8 Å². The Labute approximate surface area is 124 Å². The summed E-state index contributed by atoms with van der Waals surface area (Å²) in [6.07, 6.45) is 1.71. The molecule has 0 fully saturated rings. The van der Waals surface area contributed by atoms with Gasteiger partial charge in [0.25, 0.3) is 5.91 Å². The number of aromatic nitrogens is 2. The Bertz CT molecular complexity index is 805. The van der Waals surface area contributed by atoms with Gasteiger partial charge in [-0.2, -0.15) is 0 Å². The summed E-state index contributed by atoms with van der Waals surface area (Å²) in [7, 11) is 0. The average Bonchev–Trinajstić information content (AvgIpc) is 2.52. The number of carbonyl (C=O) groups excluding carboxylic acids is 1. The van der Waals surface area contributed by atoms with Crippen molar-refractivity contribution in [2.75, 3.05) is 0 Å². The van der Waals surface area contributed by atoms with E-state index in [1.807, 2.05) is 43.3 Å². The summed E-state index contributed by atoms with van der Waals surface area (Å²) in [5.74, 6) is -0.178. The molecule has 0 radical (unpaired) electrons. The second kappa shape index (κ2) is 5.71. The van der Waals surface area contributed by atoms with Crippen LogP contribution in [0.1, 0.15) is 23.0 Å². The van der Waals surface area contributed by atoms with E-state index in [0.717, 1.165) is 16.6 Å². The van der Waals surface area contributed by atoms with Gasteiger partial charge in [0.05, 0.1) is 11.0 Å². The van der Waals surface area contributed by atoms with E-state index >= 15 is 0 Å². The highest BCUT2D eigenvalue weighted by molar-refractivity contribution is 5.94. The molecule has 2 aromatic heterocycles. The molecule has 1 N–H and O–H groups in total. The minimum absolute atomic E-state index is 0. The van der Waals surface area contributed by atoms with Crippen LogP contribution < -0.4 is 5.32 Å². The van der Waals surface area contributed by atoms with Crippen LogP contribution in [0.4, 0.5) is 0 Å². The van der Waals surface area contributed by atoms with Crippen molar-refractivity contribution in [1.29, 1.82) is 0 Å². The van der Waals surface area contributed by atoms with Crippen LogP contribution in [-0.4, -0.2) is 15.9 Å². The number of carbonyl (C=O) groups is 1. The van der Waals surface area contributed by atoms with E-state index in [4.69, 9.17) is 0 Å². The number of nitrogens with one attached hydrogen (secondary N) is 1. The van der Waals surface area contributed by atoms with Crippen molar-refractivity contribution in [2.24, 2.45) is 0 Å². The quantitative estimate of drug-likeness (QED) is 0.801. The van der Waals surface area contributed by atoms with Crippen molar-refractivity contribution in [1.82, 2.24) is 15.3 Å². The summed E-state index contributed by atoms with van der Waals surface area (Å²) in [6.45, 7) is 2.52. The monoisotopic (exact) mass is 279 g/mol. The molecular weight excluding hydrogens is 262 g/mol. The summed E-state index contributed by atoms with van der Waals surface area (Å²) in [5, 5.41) is 2.89.